The Bertz CT molecular complexity index is 1060. The van der Waals surface area contributed by atoms with Gasteiger partial charge in [-0.2, -0.15) is 13.2 Å². The van der Waals surface area contributed by atoms with Crippen molar-refractivity contribution in [1.29, 1.82) is 0 Å². The Hall–Kier alpha value is -2.66. The molecule has 1 aliphatic rings. The molecule has 1 saturated heterocycles. The van der Waals surface area contributed by atoms with E-state index < -0.39 is 27.5 Å². The van der Waals surface area contributed by atoms with Crippen LogP contribution in [0.4, 0.5) is 18.9 Å². The van der Waals surface area contributed by atoms with E-state index in [1.165, 1.54) is 4.90 Å². The summed E-state index contributed by atoms with van der Waals surface area (Å²) >= 11 is 0. The first-order valence-electron chi connectivity index (χ1n) is 8.83. The van der Waals surface area contributed by atoms with E-state index in [0.717, 1.165) is 24.4 Å². The number of carbonyl (C=O) groups excluding carboxylic acids is 1. The molecule has 0 bridgehead atoms. The molecule has 1 aromatic heterocycles. The van der Waals surface area contributed by atoms with E-state index in [0.29, 0.717) is 31.8 Å². The second-order valence-electron chi connectivity index (χ2n) is 7.54. The molecule has 1 aromatic carbocycles. The minimum absolute atomic E-state index is 0.0826. The molecule has 0 atom stereocenters. The summed E-state index contributed by atoms with van der Waals surface area (Å²) in [6.07, 6.45) is -3.60. The lowest BCUT2D eigenvalue weighted by Crippen LogP contribution is -2.59. The Morgan fingerprint density at radius 2 is 1.83 bits per heavy atom. The first-order chi connectivity index (χ1) is 13.9. The molecule has 1 fully saturated rings. The van der Waals surface area contributed by atoms with Gasteiger partial charge in [0.2, 0.25) is 9.84 Å². The van der Waals surface area contributed by atoms with Gasteiger partial charge in [-0.25, -0.2) is 13.4 Å². The van der Waals surface area contributed by atoms with Crippen LogP contribution in [0, 0.1) is 5.41 Å². The number of anilines is 1. The molecule has 2 aromatic rings. The Morgan fingerprint density at radius 3 is 2.33 bits per heavy atom. The first kappa shape index (κ1) is 22.0. The lowest BCUT2D eigenvalue weighted by molar-refractivity contribution is -0.137. The molecule has 0 spiro atoms. The maximum Gasteiger partial charge on any atom is 0.416 e. The third-order valence-corrected chi connectivity index (χ3v) is 6.56. The van der Waals surface area contributed by atoms with E-state index >= 15 is 0 Å². The van der Waals surface area contributed by atoms with Crippen LogP contribution in [0.3, 0.4) is 0 Å². The fraction of sp³-hybridized carbons (Fsp3) is 0.368. The number of ether oxygens (including phenoxy) is 1. The smallest absolute Gasteiger partial charge is 0.397 e. The van der Waals surface area contributed by atoms with E-state index in [-0.39, 0.29) is 26.6 Å². The third-order valence-electron chi connectivity index (χ3n) is 4.82. The van der Waals surface area contributed by atoms with Gasteiger partial charge in [0.15, 0.2) is 5.69 Å². The SMILES string of the molecule is COCC1(C)CN(C(=O)c2ncc(S(=O)(=O)c3ccc(C(F)(F)F)cc3)cc2N)C1. The minimum atomic E-state index is -4.58. The molecular weight excluding hydrogens is 423 g/mol. The van der Waals surface area contributed by atoms with Crippen molar-refractivity contribution < 1.29 is 31.1 Å². The second-order valence-corrected chi connectivity index (χ2v) is 9.49. The fourth-order valence-corrected chi connectivity index (χ4v) is 4.59. The summed E-state index contributed by atoms with van der Waals surface area (Å²) in [6.45, 7) is 3.36. The number of rotatable bonds is 5. The standard InChI is InChI=1S/C19H20F3N3O4S/c1-18(11-29-2)9-25(10-18)17(26)16-15(23)7-14(8-24-16)30(27,28)13-5-3-12(4-6-13)19(20,21)22/h3-8H,9-11,23H2,1-2H3. The zero-order valence-corrected chi connectivity index (χ0v) is 17.0. The lowest BCUT2D eigenvalue weighted by atomic mass is 9.82. The summed E-state index contributed by atoms with van der Waals surface area (Å²) in [6, 6.07) is 4.18. The van der Waals surface area contributed by atoms with Crippen LogP contribution in [0.1, 0.15) is 23.0 Å². The van der Waals surface area contributed by atoms with Crippen molar-refractivity contribution in [3.05, 3.63) is 47.8 Å². The summed E-state index contributed by atoms with van der Waals surface area (Å²) < 4.78 is 68.6. The van der Waals surface area contributed by atoms with E-state index in [1.807, 2.05) is 6.92 Å². The topological polar surface area (TPSA) is 103 Å². The Labute approximate surface area is 171 Å². The third kappa shape index (κ3) is 4.12. The summed E-state index contributed by atoms with van der Waals surface area (Å²) in [4.78, 5) is 17.4. The molecule has 0 aliphatic carbocycles. The molecule has 1 amide bonds. The second kappa shape index (κ2) is 7.55. The molecule has 0 unspecified atom stereocenters. The quantitative estimate of drug-likeness (QED) is 0.762. The highest BCUT2D eigenvalue weighted by Crippen LogP contribution is 2.33. The van der Waals surface area contributed by atoms with Gasteiger partial charge in [0.05, 0.1) is 27.6 Å². The van der Waals surface area contributed by atoms with Crippen LogP contribution in [-0.4, -0.2) is 51.0 Å². The number of hydrogen-bond donors (Lipinski definition) is 1. The van der Waals surface area contributed by atoms with Crippen molar-refractivity contribution >= 4 is 21.4 Å². The zero-order chi connectivity index (χ0) is 22.3. The molecular formula is C19H20F3N3O4S. The highest BCUT2D eigenvalue weighted by Gasteiger charge is 2.42. The molecule has 162 valence electrons. The minimum Gasteiger partial charge on any atom is -0.397 e. The average Bonchev–Trinajstić information content (AvgIpc) is 2.65. The Balaban J connectivity index is 1.82. The number of pyridine rings is 1. The van der Waals surface area contributed by atoms with Gasteiger partial charge in [0.1, 0.15) is 0 Å². The zero-order valence-electron chi connectivity index (χ0n) is 16.2. The Morgan fingerprint density at radius 1 is 1.23 bits per heavy atom. The maximum atomic E-state index is 12.7. The van der Waals surface area contributed by atoms with E-state index in [2.05, 4.69) is 4.98 Å². The number of alkyl halides is 3. The number of hydrogen-bond acceptors (Lipinski definition) is 6. The van der Waals surface area contributed by atoms with Gasteiger partial charge in [0, 0.05) is 31.8 Å². The van der Waals surface area contributed by atoms with Crippen LogP contribution < -0.4 is 5.73 Å². The summed E-state index contributed by atoms with van der Waals surface area (Å²) in [5.41, 5.74) is 4.53. The number of nitrogen functional groups attached to an aromatic ring is 1. The van der Waals surface area contributed by atoms with Crippen molar-refractivity contribution in [2.24, 2.45) is 5.41 Å². The summed E-state index contributed by atoms with van der Waals surface area (Å²) in [5, 5.41) is 0. The normalized spacial score (nSPS) is 16.2. The molecule has 30 heavy (non-hydrogen) atoms. The Kier molecular flexibility index (Phi) is 5.54. The van der Waals surface area contributed by atoms with Gasteiger partial charge in [0.25, 0.3) is 5.91 Å². The number of halogens is 3. The number of likely N-dealkylation sites (tertiary alicyclic amines) is 1. The number of amides is 1. The molecule has 2 N–H and O–H groups in total. The average molecular weight is 443 g/mol. The highest BCUT2D eigenvalue weighted by molar-refractivity contribution is 7.91. The van der Waals surface area contributed by atoms with Crippen LogP contribution in [0.2, 0.25) is 0 Å². The van der Waals surface area contributed by atoms with Crippen molar-refractivity contribution in [3.63, 3.8) is 0 Å². The lowest BCUT2D eigenvalue weighted by Gasteiger charge is -2.47. The first-order valence-corrected chi connectivity index (χ1v) is 10.3. The van der Waals surface area contributed by atoms with E-state index in [1.54, 1.807) is 7.11 Å². The molecule has 11 heteroatoms. The maximum absolute atomic E-state index is 12.7. The predicted octanol–water partition coefficient (Wildman–Crippen LogP) is 2.62. The molecule has 1 aliphatic heterocycles. The molecule has 3 rings (SSSR count). The van der Waals surface area contributed by atoms with Gasteiger partial charge < -0.3 is 15.4 Å². The van der Waals surface area contributed by atoms with Gasteiger partial charge in [-0.15, -0.1) is 0 Å². The number of carbonyl (C=O) groups is 1. The summed E-state index contributed by atoms with van der Waals surface area (Å²) in [7, 11) is -2.58. The van der Waals surface area contributed by atoms with Crippen LogP contribution >= 0.6 is 0 Å². The van der Waals surface area contributed by atoms with Crippen molar-refractivity contribution in [1.82, 2.24) is 9.88 Å². The molecule has 7 nitrogen and oxygen atoms in total. The van der Waals surface area contributed by atoms with Gasteiger partial charge >= 0.3 is 6.18 Å². The summed E-state index contributed by atoms with van der Waals surface area (Å²) in [5.74, 6) is -0.431. The van der Waals surface area contributed by atoms with Crippen LogP contribution in [0.5, 0.6) is 0 Å². The van der Waals surface area contributed by atoms with Crippen molar-refractivity contribution in [2.45, 2.75) is 22.9 Å². The predicted molar refractivity (Wildman–Crippen MR) is 101 cm³/mol. The van der Waals surface area contributed by atoms with Crippen molar-refractivity contribution in [2.75, 3.05) is 32.5 Å². The van der Waals surface area contributed by atoms with Crippen LogP contribution in [-0.2, 0) is 20.8 Å². The molecule has 2 heterocycles. The van der Waals surface area contributed by atoms with Gasteiger partial charge in [-0.1, -0.05) is 6.92 Å². The van der Waals surface area contributed by atoms with Crippen LogP contribution in [0.15, 0.2) is 46.3 Å². The largest absolute Gasteiger partial charge is 0.416 e. The number of sulfone groups is 1. The fourth-order valence-electron chi connectivity index (χ4n) is 3.35. The number of nitrogens with two attached hydrogens (primary N) is 1. The number of nitrogens with zero attached hydrogens (tertiary/aromatic N) is 2. The van der Waals surface area contributed by atoms with Crippen molar-refractivity contribution in [3.8, 4) is 0 Å². The van der Waals surface area contributed by atoms with E-state index in [4.69, 9.17) is 10.5 Å². The van der Waals surface area contributed by atoms with Gasteiger partial charge in [-0.05, 0) is 30.3 Å². The number of benzene rings is 1. The van der Waals surface area contributed by atoms with Crippen LogP contribution in [0.25, 0.3) is 0 Å². The van der Waals surface area contributed by atoms with Gasteiger partial charge in [-0.3, -0.25) is 4.79 Å². The number of methoxy groups -OCH3 is 1. The van der Waals surface area contributed by atoms with E-state index in [9.17, 15) is 26.4 Å². The number of aromatic nitrogens is 1. The molecule has 0 saturated carbocycles. The highest BCUT2D eigenvalue weighted by atomic mass is 32.2. The monoisotopic (exact) mass is 443 g/mol. The molecule has 0 radical (unpaired) electrons.